The molecule has 2 fully saturated rings. The van der Waals surface area contributed by atoms with Crippen LogP contribution in [0.25, 0.3) is 0 Å². The maximum atomic E-state index is 11.8. The molecule has 0 bridgehead atoms. The van der Waals surface area contributed by atoms with Crippen LogP contribution in [0.5, 0.6) is 0 Å². The minimum atomic E-state index is 0.0698. The lowest BCUT2D eigenvalue weighted by Crippen LogP contribution is -2.49. The van der Waals surface area contributed by atoms with E-state index in [1.165, 1.54) is 32.1 Å². The summed E-state index contributed by atoms with van der Waals surface area (Å²) in [4.78, 5) is 11.8. The van der Waals surface area contributed by atoms with Gasteiger partial charge in [-0.15, -0.1) is 0 Å². The van der Waals surface area contributed by atoms with E-state index in [-0.39, 0.29) is 11.9 Å². The molecule has 3 heteroatoms. The van der Waals surface area contributed by atoms with E-state index in [1.54, 1.807) is 0 Å². The van der Waals surface area contributed by atoms with Crippen LogP contribution < -0.4 is 10.6 Å². The van der Waals surface area contributed by atoms with Gasteiger partial charge in [-0.2, -0.15) is 0 Å². The van der Waals surface area contributed by atoms with Crippen LogP contribution in [-0.2, 0) is 4.79 Å². The third-order valence-electron chi connectivity index (χ3n) is 3.40. The van der Waals surface area contributed by atoms with Gasteiger partial charge >= 0.3 is 0 Å². The van der Waals surface area contributed by atoms with E-state index in [1.807, 2.05) is 0 Å². The van der Waals surface area contributed by atoms with E-state index in [9.17, 15) is 4.79 Å². The van der Waals surface area contributed by atoms with Crippen LogP contribution in [0.1, 0.15) is 45.4 Å². The molecule has 1 amide bonds. The van der Waals surface area contributed by atoms with Crippen molar-refractivity contribution in [2.24, 2.45) is 5.92 Å². The first-order valence-electron chi connectivity index (χ1n) is 6.29. The molecule has 2 N–H and O–H groups in total. The van der Waals surface area contributed by atoms with Crippen molar-refractivity contribution in [2.45, 2.75) is 57.5 Å². The molecule has 2 rings (SSSR count). The molecule has 1 aliphatic heterocycles. The number of amides is 1. The van der Waals surface area contributed by atoms with Gasteiger partial charge in [0.25, 0.3) is 0 Å². The molecule has 1 saturated heterocycles. The van der Waals surface area contributed by atoms with E-state index in [2.05, 4.69) is 17.6 Å². The Morgan fingerprint density at radius 3 is 2.80 bits per heavy atom. The minimum Gasteiger partial charge on any atom is -0.352 e. The highest BCUT2D eigenvalue weighted by Crippen LogP contribution is 2.33. The molecule has 0 aromatic carbocycles. The Morgan fingerprint density at radius 1 is 1.40 bits per heavy atom. The predicted molar refractivity (Wildman–Crippen MR) is 60.6 cm³/mol. The second kappa shape index (κ2) is 4.97. The maximum Gasteiger partial charge on any atom is 0.237 e. The molecule has 15 heavy (non-hydrogen) atoms. The van der Waals surface area contributed by atoms with Crippen LogP contribution in [0.15, 0.2) is 0 Å². The van der Waals surface area contributed by atoms with Gasteiger partial charge in [0.1, 0.15) is 0 Å². The third-order valence-corrected chi connectivity index (χ3v) is 3.40. The molecule has 2 atom stereocenters. The van der Waals surface area contributed by atoms with Crippen molar-refractivity contribution in [1.82, 2.24) is 10.6 Å². The van der Waals surface area contributed by atoms with Gasteiger partial charge in [0.05, 0.1) is 6.04 Å². The largest absolute Gasteiger partial charge is 0.352 e. The fourth-order valence-corrected chi connectivity index (χ4v) is 2.33. The Kier molecular flexibility index (Phi) is 3.62. The zero-order valence-electron chi connectivity index (χ0n) is 9.59. The van der Waals surface area contributed by atoms with Crippen molar-refractivity contribution in [2.75, 3.05) is 6.54 Å². The topological polar surface area (TPSA) is 41.1 Å². The standard InChI is InChI=1S/C12H22N2O/c1-9(8-10-5-6-10)14-12(15)11-4-2-3-7-13-11/h9-11,13H,2-8H2,1H3,(H,14,15)/t9?,11-/m1/s1. The first kappa shape index (κ1) is 10.9. The SMILES string of the molecule is CC(CC1CC1)NC(=O)[C@H]1CCCCN1. The Hall–Kier alpha value is -0.570. The predicted octanol–water partition coefficient (Wildman–Crippen LogP) is 1.43. The molecule has 0 radical (unpaired) electrons. The molecule has 3 nitrogen and oxygen atoms in total. The Bertz CT molecular complexity index is 220. The number of carbonyl (C=O) groups excluding carboxylic acids is 1. The van der Waals surface area contributed by atoms with Crippen molar-refractivity contribution in [3.8, 4) is 0 Å². The Morgan fingerprint density at radius 2 is 2.20 bits per heavy atom. The molecule has 1 unspecified atom stereocenters. The zero-order valence-corrected chi connectivity index (χ0v) is 9.59. The summed E-state index contributed by atoms with van der Waals surface area (Å²) in [6.45, 7) is 3.12. The van der Waals surface area contributed by atoms with Gasteiger partial charge in [0, 0.05) is 6.04 Å². The highest BCUT2D eigenvalue weighted by Gasteiger charge is 2.26. The lowest BCUT2D eigenvalue weighted by Gasteiger charge is -2.24. The van der Waals surface area contributed by atoms with Gasteiger partial charge in [-0.25, -0.2) is 0 Å². The highest BCUT2D eigenvalue weighted by molar-refractivity contribution is 5.82. The lowest BCUT2D eigenvalue weighted by atomic mass is 10.0. The third kappa shape index (κ3) is 3.49. The van der Waals surface area contributed by atoms with Crippen LogP contribution in [0, 0.1) is 5.92 Å². The molecule has 0 aromatic rings. The van der Waals surface area contributed by atoms with Crippen molar-refractivity contribution >= 4 is 5.91 Å². The Balaban J connectivity index is 1.69. The molecule has 1 heterocycles. The number of nitrogens with one attached hydrogen (secondary N) is 2. The molecule has 0 aromatic heterocycles. The molecule has 86 valence electrons. The number of hydrogen-bond donors (Lipinski definition) is 2. The second-order valence-corrected chi connectivity index (χ2v) is 5.09. The van der Waals surface area contributed by atoms with Gasteiger partial charge in [-0.1, -0.05) is 19.3 Å². The normalized spacial score (nSPS) is 28.5. The van der Waals surface area contributed by atoms with Gasteiger partial charge in [-0.3, -0.25) is 4.79 Å². The summed E-state index contributed by atoms with van der Waals surface area (Å²) < 4.78 is 0. The molecule has 1 aliphatic carbocycles. The average Bonchev–Trinajstić information content (AvgIpc) is 3.03. The van der Waals surface area contributed by atoms with Crippen molar-refractivity contribution < 1.29 is 4.79 Å². The van der Waals surface area contributed by atoms with Crippen LogP contribution in [0.3, 0.4) is 0 Å². The van der Waals surface area contributed by atoms with Crippen LogP contribution >= 0.6 is 0 Å². The average molecular weight is 210 g/mol. The Labute approximate surface area is 92.0 Å². The van der Waals surface area contributed by atoms with Crippen molar-refractivity contribution in [3.05, 3.63) is 0 Å². The minimum absolute atomic E-state index is 0.0698. The number of rotatable bonds is 4. The molecule has 0 spiro atoms. The summed E-state index contributed by atoms with van der Waals surface area (Å²) in [5.41, 5.74) is 0. The summed E-state index contributed by atoms with van der Waals surface area (Å²) in [5.74, 6) is 1.10. The van der Waals surface area contributed by atoms with E-state index in [4.69, 9.17) is 0 Å². The summed E-state index contributed by atoms with van der Waals surface area (Å²) in [7, 11) is 0. The molecule has 1 saturated carbocycles. The van der Waals surface area contributed by atoms with Crippen LogP contribution in [0.4, 0.5) is 0 Å². The number of hydrogen-bond acceptors (Lipinski definition) is 2. The lowest BCUT2D eigenvalue weighted by molar-refractivity contribution is -0.124. The van der Waals surface area contributed by atoms with E-state index in [0.29, 0.717) is 6.04 Å². The summed E-state index contributed by atoms with van der Waals surface area (Å²) in [6.07, 6.45) is 7.29. The van der Waals surface area contributed by atoms with E-state index in [0.717, 1.165) is 18.9 Å². The molecular formula is C12H22N2O. The van der Waals surface area contributed by atoms with Gasteiger partial charge in [-0.05, 0) is 38.6 Å². The van der Waals surface area contributed by atoms with Crippen molar-refractivity contribution in [3.63, 3.8) is 0 Å². The summed E-state index contributed by atoms with van der Waals surface area (Å²) >= 11 is 0. The van der Waals surface area contributed by atoms with Gasteiger partial charge in [0.2, 0.25) is 5.91 Å². The first-order valence-corrected chi connectivity index (χ1v) is 6.29. The maximum absolute atomic E-state index is 11.8. The fourth-order valence-electron chi connectivity index (χ4n) is 2.33. The highest BCUT2D eigenvalue weighted by atomic mass is 16.2. The smallest absolute Gasteiger partial charge is 0.237 e. The van der Waals surface area contributed by atoms with Crippen LogP contribution in [0.2, 0.25) is 0 Å². The molecule has 2 aliphatic rings. The van der Waals surface area contributed by atoms with E-state index >= 15 is 0 Å². The second-order valence-electron chi connectivity index (χ2n) is 5.09. The molecular weight excluding hydrogens is 188 g/mol. The van der Waals surface area contributed by atoms with Gasteiger partial charge in [0.15, 0.2) is 0 Å². The van der Waals surface area contributed by atoms with Gasteiger partial charge < -0.3 is 10.6 Å². The number of piperidine rings is 1. The fraction of sp³-hybridized carbons (Fsp3) is 0.917. The van der Waals surface area contributed by atoms with Crippen LogP contribution in [-0.4, -0.2) is 24.5 Å². The first-order chi connectivity index (χ1) is 7.25. The number of carbonyl (C=O) groups is 1. The zero-order chi connectivity index (χ0) is 10.7. The summed E-state index contributed by atoms with van der Waals surface area (Å²) in [6, 6.07) is 0.425. The summed E-state index contributed by atoms with van der Waals surface area (Å²) in [5, 5.41) is 6.40. The monoisotopic (exact) mass is 210 g/mol. The van der Waals surface area contributed by atoms with E-state index < -0.39 is 0 Å². The quantitative estimate of drug-likeness (QED) is 0.737. The van der Waals surface area contributed by atoms with Crippen molar-refractivity contribution in [1.29, 1.82) is 0 Å².